The third kappa shape index (κ3) is 4.43. The molecule has 29 heavy (non-hydrogen) atoms. The quantitative estimate of drug-likeness (QED) is 0.510. The van der Waals surface area contributed by atoms with E-state index in [-0.39, 0.29) is 5.91 Å². The molecule has 0 aliphatic rings. The number of pyridine rings is 2. The summed E-state index contributed by atoms with van der Waals surface area (Å²) in [5, 5.41) is 4.10. The second-order valence-electron chi connectivity index (χ2n) is 6.94. The lowest BCUT2D eigenvalue weighted by Gasteiger charge is -2.21. The molecule has 0 saturated heterocycles. The molecule has 0 fully saturated rings. The van der Waals surface area contributed by atoms with Gasteiger partial charge in [0.25, 0.3) is 5.91 Å². The summed E-state index contributed by atoms with van der Waals surface area (Å²) in [6.45, 7) is 1.21. The van der Waals surface area contributed by atoms with E-state index in [9.17, 15) is 4.79 Å². The number of carbonyl (C=O) groups excluding carboxylic acids is 1. The molecule has 1 amide bonds. The smallest absolute Gasteiger partial charge is 0.251 e. The molecule has 0 atom stereocenters. The van der Waals surface area contributed by atoms with E-state index in [1.807, 2.05) is 74.0 Å². The van der Waals surface area contributed by atoms with Crippen LogP contribution in [0, 0.1) is 0 Å². The van der Waals surface area contributed by atoms with Gasteiger partial charge in [0.15, 0.2) is 0 Å². The lowest BCUT2D eigenvalue weighted by molar-refractivity contribution is 0.0951. The fourth-order valence-electron chi connectivity index (χ4n) is 3.31. The third-order valence-electron chi connectivity index (χ3n) is 4.92. The Morgan fingerprint density at radius 2 is 1.97 bits per heavy atom. The van der Waals surface area contributed by atoms with Crippen LogP contribution in [-0.2, 0) is 13.0 Å². The molecule has 146 valence electrons. The van der Waals surface area contributed by atoms with Crippen molar-refractivity contribution in [1.82, 2.24) is 20.3 Å². The van der Waals surface area contributed by atoms with E-state index in [0.717, 1.165) is 40.9 Å². The van der Waals surface area contributed by atoms with Crippen molar-refractivity contribution < 1.29 is 4.79 Å². The van der Waals surface area contributed by atoms with Gasteiger partial charge in [-0.2, -0.15) is 0 Å². The van der Waals surface area contributed by atoms with Crippen LogP contribution in [-0.4, -0.2) is 34.5 Å². The molecule has 0 aliphatic heterocycles. The Morgan fingerprint density at radius 1 is 1.07 bits per heavy atom. The number of anilines is 1. The number of carbonyl (C=O) groups is 1. The van der Waals surface area contributed by atoms with Gasteiger partial charge < -0.3 is 15.2 Å². The summed E-state index contributed by atoms with van der Waals surface area (Å²) in [6, 6.07) is 17.5. The van der Waals surface area contributed by atoms with Gasteiger partial charge in [0.1, 0.15) is 5.82 Å². The second kappa shape index (κ2) is 8.56. The molecule has 4 aromatic rings. The van der Waals surface area contributed by atoms with Crippen molar-refractivity contribution in [3.8, 4) is 0 Å². The highest BCUT2D eigenvalue weighted by Crippen LogP contribution is 2.17. The number of nitrogens with zero attached hydrogens (tertiary/aromatic N) is 3. The molecule has 0 spiro atoms. The highest BCUT2D eigenvalue weighted by Gasteiger charge is 2.12. The Morgan fingerprint density at radius 3 is 2.83 bits per heavy atom. The van der Waals surface area contributed by atoms with E-state index in [4.69, 9.17) is 0 Å². The van der Waals surface area contributed by atoms with Crippen LogP contribution in [0.15, 0.2) is 73.2 Å². The standard InChI is InChI=1S/C23H23N5O/c1-28(14-10-20-6-2-3-11-24-20)22-19(5-4-12-26-22)16-27-23(29)18-8-7-17-9-13-25-21(17)15-18/h2-9,11-13,15,25H,10,14,16H2,1H3,(H,27,29). The predicted octanol–water partition coefficient (Wildman–Crippen LogP) is 3.57. The number of aromatic nitrogens is 3. The summed E-state index contributed by atoms with van der Waals surface area (Å²) in [5.74, 6) is 0.760. The van der Waals surface area contributed by atoms with E-state index in [2.05, 4.69) is 25.2 Å². The summed E-state index contributed by atoms with van der Waals surface area (Å²) in [4.78, 5) is 26.7. The molecule has 1 aromatic carbocycles. The van der Waals surface area contributed by atoms with Crippen LogP contribution in [0.1, 0.15) is 21.6 Å². The molecule has 0 radical (unpaired) electrons. The zero-order chi connectivity index (χ0) is 20.1. The van der Waals surface area contributed by atoms with E-state index in [0.29, 0.717) is 12.1 Å². The number of rotatable bonds is 7. The van der Waals surface area contributed by atoms with Crippen molar-refractivity contribution in [3.63, 3.8) is 0 Å². The number of hydrogen-bond acceptors (Lipinski definition) is 4. The number of aromatic amines is 1. The maximum absolute atomic E-state index is 12.6. The fourth-order valence-corrected chi connectivity index (χ4v) is 3.31. The van der Waals surface area contributed by atoms with Gasteiger partial charge >= 0.3 is 0 Å². The molecule has 6 heteroatoms. The number of fused-ring (bicyclic) bond motifs is 1. The zero-order valence-corrected chi connectivity index (χ0v) is 16.3. The van der Waals surface area contributed by atoms with Crippen LogP contribution >= 0.6 is 0 Å². The van der Waals surface area contributed by atoms with Crippen LogP contribution in [0.4, 0.5) is 5.82 Å². The summed E-state index contributed by atoms with van der Waals surface area (Å²) >= 11 is 0. The van der Waals surface area contributed by atoms with Crippen molar-refractivity contribution in [3.05, 3.63) is 90.0 Å². The molecular weight excluding hydrogens is 362 g/mol. The fraction of sp³-hybridized carbons (Fsp3) is 0.174. The highest BCUT2D eigenvalue weighted by atomic mass is 16.1. The Hall–Kier alpha value is -3.67. The number of benzene rings is 1. The Bertz CT molecular complexity index is 1110. The molecule has 4 rings (SSSR count). The van der Waals surface area contributed by atoms with Gasteiger partial charge in [-0.25, -0.2) is 4.98 Å². The van der Waals surface area contributed by atoms with Crippen LogP contribution in [0.3, 0.4) is 0 Å². The first kappa shape index (κ1) is 18.7. The lowest BCUT2D eigenvalue weighted by atomic mass is 10.1. The van der Waals surface area contributed by atoms with Crippen LogP contribution in [0.25, 0.3) is 10.9 Å². The van der Waals surface area contributed by atoms with Crippen LogP contribution in [0.5, 0.6) is 0 Å². The predicted molar refractivity (Wildman–Crippen MR) is 115 cm³/mol. The molecule has 2 N–H and O–H groups in total. The normalized spacial score (nSPS) is 10.8. The third-order valence-corrected chi connectivity index (χ3v) is 4.92. The van der Waals surface area contributed by atoms with Gasteiger partial charge in [0.2, 0.25) is 0 Å². The van der Waals surface area contributed by atoms with E-state index >= 15 is 0 Å². The van der Waals surface area contributed by atoms with E-state index in [1.54, 1.807) is 6.20 Å². The maximum atomic E-state index is 12.6. The van der Waals surface area contributed by atoms with Gasteiger partial charge in [-0.15, -0.1) is 0 Å². The van der Waals surface area contributed by atoms with Crippen molar-refractivity contribution in [1.29, 1.82) is 0 Å². The topological polar surface area (TPSA) is 73.9 Å². The highest BCUT2D eigenvalue weighted by molar-refractivity contribution is 5.97. The summed E-state index contributed by atoms with van der Waals surface area (Å²) in [5.41, 5.74) is 3.61. The lowest BCUT2D eigenvalue weighted by Crippen LogP contribution is -2.27. The molecule has 0 saturated carbocycles. The molecule has 0 aliphatic carbocycles. The SMILES string of the molecule is CN(CCc1ccccn1)c1ncccc1CNC(=O)c1ccc2cc[nH]c2c1. The van der Waals surface area contributed by atoms with Gasteiger partial charge in [0.05, 0.1) is 0 Å². The van der Waals surface area contributed by atoms with Crippen LogP contribution < -0.4 is 10.2 Å². The minimum atomic E-state index is -0.104. The van der Waals surface area contributed by atoms with Crippen molar-refractivity contribution in [2.75, 3.05) is 18.5 Å². The summed E-state index contributed by atoms with van der Waals surface area (Å²) < 4.78 is 0. The van der Waals surface area contributed by atoms with Crippen molar-refractivity contribution in [2.24, 2.45) is 0 Å². The van der Waals surface area contributed by atoms with Crippen LogP contribution in [0.2, 0.25) is 0 Å². The van der Waals surface area contributed by atoms with Crippen molar-refractivity contribution in [2.45, 2.75) is 13.0 Å². The first-order valence-electron chi connectivity index (χ1n) is 9.61. The Kier molecular flexibility index (Phi) is 5.52. The summed E-state index contributed by atoms with van der Waals surface area (Å²) in [7, 11) is 2.01. The molecular formula is C23H23N5O. The molecule has 0 bridgehead atoms. The van der Waals surface area contributed by atoms with Gasteiger partial charge in [-0.05, 0) is 41.8 Å². The van der Waals surface area contributed by atoms with Crippen molar-refractivity contribution >= 4 is 22.6 Å². The zero-order valence-electron chi connectivity index (χ0n) is 16.3. The Labute approximate surface area is 169 Å². The van der Waals surface area contributed by atoms with Gasteiger partial charge in [0, 0.05) is 67.5 Å². The average Bonchev–Trinajstić information content (AvgIpc) is 3.24. The molecule has 0 unspecified atom stereocenters. The van der Waals surface area contributed by atoms with Gasteiger partial charge in [-0.1, -0.05) is 18.2 Å². The van der Waals surface area contributed by atoms with E-state index < -0.39 is 0 Å². The first-order chi connectivity index (χ1) is 14.2. The van der Waals surface area contributed by atoms with E-state index in [1.165, 1.54) is 0 Å². The monoisotopic (exact) mass is 385 g/mol. The largest absolute Gasteiger partial charge is 0.361 e. The first-order valence-corrected chi connectivity index (χ1v) is 9.61. The average molecular weight is 385 g/mol. The summed E-state index contributed by atoms with van der Waals surface area (Å²) in [6.07, 6.45) is 6.28. The number of H-pyrrole nitrogens is 1. The minimum Gasteiger partial charge on any atom is -0.361 e. The maximum Gasteiger partial charge on any atom is 0.251 e. The second-order valence-corrected chi connectivity index (χ2v) is 6.94. The Balaban J connectivity index is 1.41. The minimum absolute atomic E-state index is 0.104. The number of hydrogen-bond donors (Lipinski definition) is 2. The molecule has 6 nitrogen and oxygen atoms in total. The molecule has 3 heterocycles. The number of nitrogens with one attached hydrogen (secondary N) is 2. The molecule has 3 aromatic heterocycles. The number of likely N-dealkylation sites (N-methyl/N-ethyl adjacent to an activating group) is 1. The van der Waals surface area contributed by atoms with Gasteiger partial charge in [-0.3, -0.25) is 9.78 Å². The number of amides is 1.